The summed E-state index contributed by atoms with van der Waals surface area (Å²) in [5.41, 5.74) is 0. The predicted octanol–water partition coefficient (Wildman–Crippen LogP) is 11.3. The fourth-order valence-corrected chi connectivity index (χ4v) is 5.88. The van der Waals surface area contributed by atoms with Crippen molar-refractivity contribution in [3.05, 3.63) is 0 Å². The van der Waals surface area contributed by atoms with Gasteiger partial charge in [-0.25, -0.2) is 0 Å². The van der Waals surface area contributed by atoms with Gasteiger partial charge in [-0.05, 0) is 37.8 Å². The highest BCUT2D eigenvalue weighted by atomic mass is 16.3. The fraction of sp³-hybridized carbons (Fsp3) is 1.00. The molecule has 0 aliphatic heterocycles. The molecule has 0 amide bonds. The summed E-state index contributed by atoms with van der Waals surface area (Å²) in [5.74, 6) is 1.84. The molecular weight excluding hydrogens is 450 g/mol. The summed E-state index contributed by atoms with van der Waals surface area (Å²) in [5, 5.41) is 9.45. The molecule has 2 nitrogen and oxygen atoms in total. The maximum absolute atomic E-state index is 9.45. The first-order chi connectivity index (χ1) is 18.1. The first-order valence-corrected chi connectivity index (χ1v) is 17.5. The first kappa shape index (κ1) is 36.9. The van der Waals surface area contributed by atoms with Gasteiger partial charge in [0.25, 0.3) is 0 Å². The number of aliphatic hydroxyl groups excluding tert-OH is 1. The van der Waals surface area contributed by atoms with E-state index in [2.05, 4.69) is 32.6 Å². The molecule has 0 bridgehead atoms. The van der Waals surface area contributed by atoms with Gasteiger partial charge in [0.1, 0.15) is 0 Å². The van der Waals surface area contributed by atoms with E-state index in [-0.39, 0.29) is 0 Å². The lowest BCUT2D eigenvalue weighted by atomic mass is 9.89. The Balaban J connectivity index is 3.97. The largest absolute Gasteiger partial charge is 0.395 e. The second kappa shape index (κ2) is 30.5. The molecule has 0 aliphatic carbocycles. The van der Waals surface area contributed by atoms with Crippen molar-refractivity contribution in [3.63, 3.8) is 0 Å². The van der Waals surface area contributed by atoms with Gasteiger partial charge in [-0.2, -0.15) is 0 Å². The molecule has 0 saturated heterocycles. The van der Waals surface area contributed by atoms with Crippen LogP contribution >= 0.6 is 0 Å². The zero-order valence-corrected chi connectivity index (χ0v) is 26.6. The molecule has 0 rings (SSSR count). The number of unbranched alkanes of at least 4 members (excludes halogenated alkanes) is 17. The minimum absolute atomic E-state index is 0.311. The van der Waals surface area contributed by atoms with E-state index in [0.717, 1.165) is 18.4 Å². The van der Waals surface area contributed by atoms with E-state index in [1.165, 1.54) is 174 Å². The third-order valence-electron chi connectivity index (χ3n) is 8.44. The molecule has 0 aromatic heterocycles. The Labute approximate surface area is 236 Å². The average Bonchev–Trinajstić information content (AvgIpc) is 2.88. The standard InChI is InChI=1S/C35H73NO/c1-5-7-9-11-14-21-27-35(28-22-15-12-10-8-6-2)29-23-16-13-18-24-30-36(32-33-37)31-25-19-17-20-26-34(3)4/h34-35,37H,5-33H2,1-4H3. The lowest BCUT2D eigenvalue weighted by Crippen LogP contribution is -2.29. The van der Waals surface area contributed by atoms with E-state index in [9.17, 15) is 5.11 Å². The molecule has 0 heterocycles. The zero-order chi connectivity index (χ0) is 27.2. The summed E-state index contributed by atoms with van der Waals surface area (Å²) in [6.45, 7) is 12.8. The van der Waals surface area contributed by atoms with Crippen LogP contribution in [0.25, 0.3) is 0 Å². The minimum atomic E-state index is 0.311. The van der Waals surface area contributed by atoms with Crippen LogP contribution in [0.15, 0.2) is 0 Å². The maximum Gasteiger partial charge on any atom is 0.0558 e. The molecule has 0 radical (unpaired) electrons. The molecule has 0 spiro atoms. The number of hydrogen-bond donors (Lipinski definition) is 1. The fourth-order valence-electron chi connectivity index (χ4n) is 5.88. The normalized spacial score (nSPS) is 12.0. The van der Waals surface area contributed by atoms with Crippen molar-refractivity contribution in [1.29, 1.82) is 0 Å². The van der Waals surface area contributed by atoms with E-state index in [1.807, 2.05) is 0 Å². The van der Waals surface area contributed by atoms with Gasteiger partial charge in [0.15, 0.2) is 0 Å². The Morgan fingerprint density at radius 2 is 0.784 bits per heavy atom. The van der Waals surface area contributed by atoms with Crippen LogP contribution in [0.1, 0.15) is 188 Å². The number of hydrogen-bond acceptors (Lipinski definition) is 2. The summed E-state index contributed by atoms with van der Waals surface area (Å²) in [6, 6.07) is 0. The Morgan fingerprint density at radius 1 is 0.432 bits per heavy atom. The highest BCUT2D eigenvalue weighted by Crippen LogP contribution is 2.24. The third-order valence-corrected chi connectivity index (χ3v) is 8.44. The molecule has 0 atom stereocenters. The van der Waals surface area contributed by atoms with Gasteiger partial charge in [0, 0.05) is 6.54 Å². The van der Waals surface area contributed by atoms with E-state index < -0.39 is 0 Å². The van der Waals surface area contributed by atoms with Gasteiger partial charge in [0.05, 0.1) is 6.61 Å². The van der Waals surface area contributed by atoms with Crippen molar-refractivity contribution in [2.24, 2.45) is 11.8 Å². The lowest BCUT2D eigenvalue weighted by molar-refractivity contribution is 0.190. The van der Waals surface area contributed by atoms with Crippen LogP contribution in [0.5, 0.6) is 0 Å². The van der Waals surface area contributed by atoms with Crippen molar-refractivity contribution in [2.45, 2.75) is 188 Å². The van der Waals surface area contributed by atoms with Crippen LogP contribution in [0.2, 0.25) is 0 Å². The van der Waals surface area contributed by atoms with Gasteiger partial charge in [0.2, 0.25) is 0 Å². The van der Waals surface area contributed by atoms with E-state index >= 15 is 0 Å². The second-order valence-electron chi connectivity index (χ2n) is 12.7. The maximum atomic E-state index is 9.45. The Kier molecular flexibility index (Phi) is 30.4. The van der Waals surface area contributed by atoms with E-state index in [0.29, 0.717) is 6.61 Å². The molecule has 1 N–H and O–H groups in total. The van der Waals surface area contributed by atoms with Crippen molar-refractivity contribution in [3.8, 4) is 0 Å². The van der Waals surface area contributed by atoms with Crippen molar-refractivity contribution in [2.75, 3.05) is 26.2 Å². The lowest BCUT2D eigenvalue weighted by Gasteiger charge is -2.21. The molecule has 0 aromatic carbocycles. The highest BCUT2D eigenvalue weighted by Gasteiger charge is 2.09. The molecular formula is C35H73NO. The third kappa shape index (κ3) is 28.7. The van der Waals surface area contributed by atoms with Gasteiger partial charge in [-0.1, -0.05) is 175 Å². The molecule has 0 aromatic rings. The topological polar surface area (TPSA) is 23.5 Å². The van der Waals surface area contributed by atoms with Crippen molar-refractivity contribution in [1.82, 2.24) is 4.90 Å². The number of rotatable bonds is 31. The van der Waals surface area contributed by atoms with Crippen LogP contribution in [0.4, 0.5) is 0 Å². The molecule has 0 saturated carbocycles. The van der Waals surface area contributed by atoms with E-state index in [1.54, 1.807) is 0 Å². The summed E-state index contributed by atoms with van der Waals surface area (Å²) in [7, 11) is 0. The molecule has 0 fully saturated rings. The number of nitrogens with zero attached hydrogens (tertiary/aromatic N) is 1. The molecule has 2 heteroatoms. The first-order valence-electron chi connectivity index (χ1n) is 17.5. The predicted molar refractivity (Wildman–Crippen MR) is 169 cm³/mol. The van der Waals surface area contributed by atoms with Crippen LogP contribution < -0.4 is 0 Å². The SMILES string of the molecule is CCCCCCCCC(CCCCCCCC)CCCCCCCN(CCO)CCCCCCC(C)C. The van der Waals surface area contributed by atoms with Gasteiger partial charge < -0.3 is 10.0 Å². The quantitative estimate of drug-likeness (QED) is 0.0913. The van der Waals surface area contributed by atoms with Crippen LogP contribution in [0.3, 0.4) is 0 Å². The summed E-state index contributed by atoms with van der Waals surface area (Å²) in [6.07, 6.45) is 35.5. The molecule has 0 unspecified atom stereocenters. The summed E-state index contributed by atoms with van der Waals surface area (Å²) < 4.78 is 0. The molecule has 224 valence electrons. The van der Waals surface area contributed by atoms with Crippen LogP contribution in [-0.4, -0.2) is 36.2 Å². The van der Waals surface area contributed by atoms with Gasteiger partial charge in [-0.15, -0.1) is 0 Å². The minimum Gasteiger partial charge on any atom is -0.395 e. The smallest absolute Gasteiger partial charge is 0.0558 e. The Morgan fingerprint density at radius 3 is 1.16 bits per heavy atom. The van der Waals surface area contributed by atoms with E-state index in [4.69, 9.17) is 0 Å². The monoisotopic (exact) mass is 524 g/mol. The Hall–Kier alpha value is -0.0800. The average molecular weight is 524 g/mol. The zero-order valence-electron chi connectivity index (χ0n) is 26.6. The summed E-state index contributed by atoms with van der Waals surface area (Å²) in [4.78, 5) is 2.51. The summed E-state index contributed by atoms with van der Waals surface area (Å²) >= 11 is 0. The van der Waals surface area contributed by atoms with Gasteiger partial charge in [-0.3, -0.25) is 0 Å². The van der Waals surface area contributed by atoms with Crippen molar-refractivity contribution < 1.29 is 5.11 Å². The van der Waals surface area contributed by atoms with Gasteiger partial charge >= 0.3 is 0 Å². The Bertz CT molecular complexity index is 394. The molecule has 37 heavy (non-hydrogen) atoms. The van der Waals surface area contributed by atoms with Crippen LogP contribution in [0, 0.1) is 11.8 Å². The van der Waals surface area contributed by atoms with Crippen molar-refractivity contribution >= 4 is 0 Å². The highest BCUT2D eigenvalue weighted by molar-refractivity contribution is 4.63. The number of aliphatic hydroxyl groups is 1. The van der Waals surface area contributed by atoms with Crippen LogP contribution in [-0.2, 0) is 0 Å². The molecule has 0 aliphatic rings. The second-order valence-corrected chi connectivity index (χ2v) is 12.7.